The molecule has 1 atom stereocenters. The molecule has 0 radical (unpaired) electrons. The van der Waals surface area contributed by atoms with E-state index in [0.717, 1.165) is 5.56 Å². The van der Waals surface area contributed by atoms with Crippen LogP contribution in [-0.4, -0.2) is 45.2 Å². The van der Waals surface area contributed by atoms with Gasteiger partial charge in [-0.3, -0.25) is 19.5 Å². The molecule has 1 saturated heterocycles. The second kappa shape index (κ2) is 10.3. The van der Waals surface area contributed by atoms with E-state index >= 15 is 0 Å². The number of ether oxygens (including phenoxy) is 2. The highest BCUT2D eigenvalue weighted by Crippen LogP contribution is 2.44. The number of aliphatic hydroxyl groups excluding tert-OH is 1. The van der Waals surface area contributed by atoms with Crippen LogP contribution >= 0.6 is 23.1 Å². The number of amides is 1. The van der Waals surface area contributed by atoms with Crippen molar-refractivity contribution in [3.8, 4) is 11.5 Å². The number of aliphatic hydroxyl groups is 1. The molecule has 2 aromatic heterocycles. The molecule has 4 heterocycles. The molecule has 0 unspecified atom stereocenters. The molecular weight excluding hydrogens is 524 g/mol. The van der Waals surface area contributed by atoms with E-state index < -0.39 is 17.7 Å². The number of pyridine rings is 1. The molecule has 0 spiro atoms. The van der Waals surface area contributed by atoms with Crippen molar-refractivity contribution >= 4 is 45.7 Å². The molecule has 11 heteroatoms. The number of fused-ring (bicyclic) bond motifs is 1. The third-order valence-corrected chi connectivity index (χ3v) is 8.19. The minimum Gasteiger partial charge on any atom is -0.507 e. The lowest BCUT2D eigenvalue weighted by Crippen LogP contribution is -2.29. The number of thioether (sulfide) groups is 1. The normalized spacial score (nSPS) is 18.1. The summed E-state index contributed by atoms with van der Waals surface area (Å²) in [5, 5.41) is 20.1. The van der Waals surface area contributed by atoms with Crippen molar-refractivity contribution in [1.29, 1.82) is 0 Å². The third kappa shape index (κ3) is 4.50. The Bertz CT molecular complexity index is 1540. The summed E-state index contributed by atoms with van der Waals surface area (Å²) in [5.74, 6) is -0.249. The van der Waals surface area contributed by atoms with Gasteiger partial charge in [0.2, 0.25) is 5.13 Å². The standard InChI is InChI=1S/C27H20N4O5S2/c32-23(17-8-9-19-20(13-17)36-12-11-35-19)21-22(18-7-4-10-28-14-18)31(25(34)24(21)33)26-29-30-27(38-26)37-15-16-5-2-1-3-6-16/h1-10,13-14,22,32H,11-12,15H2/t22-/m0/s1. The maximum atomic E-state index is 13.4. The number of anilines is 1. The maximum Gasteiger partial charge on any atom is 0.301 e. The smallest absolute Gasteiger partial charge is 0.301 e. The summed E-state index contributed by atoms with van der Waals surface area (Å²) in [6.07, 6.45) is 3.16. The van der Waals surface area contributed by atoms with Crippen molar-refractivity contribution in [3.63, 3.8) is 0 Å². The highest BCUT2D eigenvalue weighted by atomic mass is 32.2. The Morgan fingerprint density at radius 2 is 1.84 bits per heavy atom. The molecule has 2 aromatic carbocycles. The van der Waals surface area contributed by atoms with Gasteiger partial charge in [0.05, 0.1) is 11.6 Å². The summed E-state index contributed by atoms with van der Waals surface area (Å²) < 4.78 is 11.9. The number of rotatable bonds is 6. The van der Waals surface area contributed by atoms with Crippen LogP contribution in [0, 0.1) is 0 Å². The van der Waals surface area contributed by atoms with Gasteiger partial charge in [0.1, 0.15) is 19.0 Å². The third-order valence-electron chi connectivity index (χ3n) is 6.07. The Morgan fingerprint density at radius 3 is 2.63 bits per heavy atom. The van der Waals surface area contributed by atoms with Crippen molar-refractivity contribution in [1.82, 2.24) is 15.2 Å². The van der Waals surface area contributed by atoms with Crippen molar-refractivity contribution in [2.45, 2.75) is 16.1 Å². The van der Waals surface area contributed by atoms with E-state index in [1.54, 1.807) is 42.7 Å². The van der Waals surface area contributed by atoms with Gasteiger partial charge in [-0.1, -0.05) is 59.5 Å². The highest BCUT2D eigenvalue weighted by molar-refractivity contribution is 8.00. The Labute approximate surface area is 225 Å². The molecule has 190 valence electrons. The number of benzene rings is 2. The SMILES string of the molecule is O=C1C(=O)N(c2nnc(SCc3ccccc3)s2)[C@@H](c2cccnc2)C1=C(O)c1ccc2c(c1)OCCO2. The summed E-state index contributed by atoms with van der Waals surface area (Å²) >= 11 is 2.71. The summed E-state index contributed by atoms with van der Waals surface area (Å²) in [5.41, 5.74) is 1.95. The number of Topliss-reactive ketones (excluding diaryl/α,β-unsaturated/α-hetero) is 1. The van der Waals surface area contributed by atoms with E-state index in [4.69, 9.17) is 9.47 Å². The van der Waals surface area contributed by atoms with Gasteiger partial charge in [0.25, 0.3) is 5.78 Å². The van der Waals surface area contributed by atoms with Crippen LogP contribution in [0.3, 0.4) is 0 Å². The summed E-state index contributed by atoms with van der Waals surface area (Å²) in [6, 6.07) is 17.4. The van der Waals surface area contributed by atoms with E-state index in [1.807, 2.05) is 30.3 Å². The Hall–Kier alpha value is -4.22. The van der Waals surface area contributed by atoms with Gasteiger partial charge >= 0.3 is 5.91 Å². The van der Waals surface area contributed by atoms with Crippen molar-refractivity contribution < 1.29 is 24.2 Å². The van der Waals surface area contributed by atoms with E-state index in [-0.39, 0.29) is 16.5 Å². The molecule has 38 heavy (non-hydrogen) atoms. The van der Waals surface area contributed by atoms with Crippen LogP contribution in [-0.2, 0) is 15.3 Å². The first-order chi connectivity index (χ1) is 18.6. The van der Waals surface area contributed by atoms with Crippen LogP contribution in [0.15, 0.2) is 83.0 Å². The van der Waals surface area contributed by atoms with Crippen LogP contribution in [0.5, 0.6) is 11.5 Å². The molecule has 0 bridgehead atoms. The van der Waals surface area contributed by atoms with Crippen molar-refractivity contribution in [2.75, 3.05) is 18.1 Å². The lowest BCUT2D eigenvalue weighted by Gasteiger charge is -2.22. The van der Waals surface area contributed by atoms with Crippen molar-refractivity contribution in [2.24, 2.45) is 0 Å². The quantitative estimate of drug-likeness (QED) is 0.122. The minimum absolute atomic E-state index is 0.0617. The first-order valence-corrected chi connectivity index (χ1v) is 13.5. The number of hydrogen-bond donors (Lipinski definition) is 1. The summed E-state index contributed by atoms with van der Waals surface area (Å²) in [6.45, 7) is 0.802. The van der Waals surface area contributed by atoms with Gasteiger partial charge in [-0.2, -0.15) is 0 Å². The largest absolute Gasteiger partial charge is 0.507 e. The molecule has 2 aliphatic rings. The molecule has 1 N–H and O–H groups in total. The number of ketones is 1. The van der Waals surface area contributed by atoms with Gasteiger partial charge < -0.3 is 14.6 Å². The van der Waals surface area contributed by atoms with Gasteiger partial charge in [-0.05, 0) is 35.4 Å². The maximum absolute atomic E-state index is 13.4. The zero-order valence-electron chi connectivity index (χ0n) is 19.8. The van der Waals surface area contributed by atoms with Crippen molar-refractivity contribution in [3.05, 3.63) is 95.3 Å². The molecular formula is C27H20N4O5S2. The summed E-state index contributed by atoms with van der Waals surface area (Å²) in [7, 11) is 0. The van der Waals surface area contributed by atoms with E-state index in [0.29, 0.717) is 45.9 Å². The van der Waals surface area contributed by atoms with Crippen LogP contribution in [0.4, 0.5) is 5.13 Å². The lowest BCUT2D eigenvalue weighted by atomic mass is 9.96. The number of nitrogens with zero attached hydrogens (tertiary/aromatic N) is 4. The Balaban J connectivity index is 1.38. The van der Waals surface area contributed by atoms with Gasteiger partial charge in [-0.25, -0.2) is 0 Å². The monoisotopic (exact) mass is 544 g/mol. The molecule has 1 fully saturated rings. The Morgan fingerprint density at radius 1 is 1.03 bits per heavy atom. The van der Waals surface area contributed by atoms with Gasteiger partial charge in [0, 0.05) is 23.7 Å². The molecule has 1 amide bonds. The van der Waals surface area contributed by atoms with Crippen LogP contribution in [0.1, 0.15) is 22.7 Å². The first-order valence-electron chi connectivity index (χ1n) is 11.7. The van der Waals surface area contributed by atoms with E-state index in [1.165, 1.54) is 28.0 Å². The average Bonchev–Trinajstić information content (AvgIpc) is 3.54. The molecule has 6 rings (SSSR count). The lowest BCUT2D eigenvalue weighted by molar-refractivity contribution is -0.132. The second-order valence-corrected chi connectivity index (χ2v) is 10.6. The molecule has 2 aliphatic heterocycles. The van der Waals surface area contributed by atoms with Crippen LogP contribution in [0.25, 0.3) is 5.76 Å². The topological polar surface area (TPSA) is 115 Å². The highest BCUT2D eigenvalue weighted by Gasteiger charge is 2.48. The first kappa shape index (κ1) is 24.1. The number of carbonyl (C=O) groups is 2. The number of carbonyl (C=O) groups excluding carboxylic acids is 2. The van der Waals surface area contributed by atoms with Gasteiger partial charge in [-0.15, -0.1) is 10.2 Å². The second-order valence-electron chi connectivity index (χ2n) is 8.44. The average molecular weight is 545 g/mol. The van der Waals surface area contributed by atoms with Crippen LogP contribution in [0.2, 0.25) is 0 Å². The zero-order valence-corrected chi connectivity index (χ0v) is 21.4. The molecule has 4 aromatic rings. The fourth-order valence-electron chi connectivity index (χ4n) is 4.31. The predicted molar refractivity (Wildman–Crippen MR) is 142 cm³/mol. The van der Waals surface area contributed by atoms with Crippen LogP contribution < -0.4 is 14.4 Å². The number of aromatic nitrogens is 3. The molecule has 0 saturated carbocycles. The predicted octanol–water partition coefficient (Wildman–Crippen LogP) is 4.62. The zero-order chi connectivity index (χ0) is 26.1. The number of hydrogen-bond acceptors (Lipinski definition) is 10. The molecule has 0 aliphatic carbocycles. The Kier molecular flexibility index (Phi) is 6.52. The minimum atomic E-state index is -0.933. The fraction of sp³-hybridized carbons (Fsp3) is 0.148. The molecule has 9 nitrogen and oxygen atoms in total. The van der Waals surface area contributed by atoms with Gasteiger partial charge in [0.15, 0.2) is 15.8 Å². The summed E-state index contributed by atoms with van der Waals surface area (Å²) in [4.78, 5) is 32.2. The van der Waals surface area contributed by atoms with E-state index in [2.05, 4.69) is 15.2 Å². The fourth-order valence-corrected chi connectivity index (χ4v) is 6.13. The van der Waals surface area contributed by atoms with E-state index in [9.17, 15) is 14.7 Å².